The normalized spacial score (nSPS) is 17.2. The van der Waals surface area contributed by atoms with Crippen molar-refractivity contribution in [1.29, 1.82) is 0 Å². The van der Waals surface area contributed by atoms with E-state index in [1.165, 1.54) is 0 Å². The first kappa shape index (κ1) is 14.9. The van der Waals surface area contributed by atoms with Gasteiger partial charge in [-0.1, -0.05) is 18.2 Å². The van der Waals surface area contributed by atoms with Crippen LogP contribution in [0, 0.1) is 0 Å². The number of hydrogen-bond donors (Lipinski definition) is 1. The van der Waals surface area contributed by atoms with Crippen molar-refractivity contribution >= 4 is 23.5 Å². The fourth-order valence-corrected chi connectivity index (χ4v) is 3.84. The Kier molecular flexibility index (Phi) is 4.63. The van der Waals surface area contributed by atoms with Gasteiger partial charge in [-0.2, -0.15) is 11.8 Å². The number of aromatic nitrogens is 1. The molecule has 0 radical (unpaired) electrons. The summed E-state index contributed by atoms with van der Waals surface area (Å²) in [6.07, 6.45) is 4.59. The van der Waals surface area contributed by atoms with Crippen LogP contribution in [-0.2, 0) is 0 Å². The molecule has 0 saturated carbocycles. The summed E-state index contributed by atoms with van der Waals surface area (Å²) in [4.78, 5) is 18.3. The Morgan fingerprint density at radius 3 is 2.77 bits per heavy atom. The molecule has 1 unspecified atom stereocenters. The zero-order chi connectivity index (χ0) is 15.4. The molecule has 2 amide bonds. The Labute approximate surface area is 134 Å². The number of carbonyl (C=O) groups excluding carboxylic acids is 1. The molecule has 1 aromatic heterocycles. The van der Waals surface area contributed by atoms with E-state index in [-0.39, 0.29) is 6.03 Å². The van der Waals surface area contributed by atoms with Crippen LogP contribution in [0.1, 0.15) is 6.42 Å². The summed E-state index contributed by atoms with van der Waals surface area (Å²) in [5, 5.41) is 3.04. The number of nitrogens with zero attached hydrogens (tertiary/aromatic N) is 2. The molecule has 4 nitrogen and oxygen atoms in total. The summed E-state index contributed by atoms with van der Waals surface area (Å²) in [6.45, 7) is 0. The van der Waals surface area contributed by atoms with Crippen LogP contribution in [0.4, 0.5) is 10.5 Å². The quantitative estimate of drug-likeness (QED) is 0.939. The highest BCUT2D eigenvalue weighted by molar-refractivity contribution is 7.99. The minimum atomic E-state index is -0.0472. The maximum Gasteiger partial charge on any atom is 0.321 e. The Hall–Kier alpha value is -2.01. The van der Waals surface area contributed by atoms with Crippen molar-refractivity contribution < 1.29 is 4.79 Å². The largest absolute Gasteiger partial charge is 0.324 e. The van der Waals surface area contributed by atoms with Crippen LogP contribution in [0.15, 0.2) is 48.8 Å². The van der Waals surface area contributed by atoms with Crippen LogP contribution in [0.5, 0.6) is 0 Å². The van der Waals surface area contributed by atoms with Crippen molar-refractivity contribution in [3.8, 4) is 11.1 Å². The molecule has 22 heavy (non-hydrogen) atoms. The average molecular weight is 313 g/mol. The smallest absolute Gasteiger partial charge is 0.321 e. The lowest BCUT2D eigenvalue weighted by Crippen LogP contribution is -2.39. The topological polar surface area (TPSA) is 45.2 Å². The second-order valence-electron chi connectivity index (χ2n) is 5.34. The maximum absolute atomic E-state index is 12.5. The zero-order valence-corrected chi connectivity index (χ0v) is 13.3. The predicted octanol–water partition coefficient (Wildman–Crippen LogP) is 3.72. The number of thioether (sulfide) groups is 1. The molecule has 1 aliphatic rings. The monoisotopic (exact) mass is 313 g/mol. The third-order valence-corrected chi connectivity index (χ3v) is 5.08. The highest BCUT2D eigenvalue weighted by atomic mass is 32.2. The van der Waals surface area contributed by atoms with Gasteiger partial charge in [0, 0.05) is 36.8 Å². The number of para-hydroxylation sites is 1. The van der Waals surface area contributed by atoms with Gasteiger partial charge in [-0.05, 0) is 35.9 Å². The summed E-state index contributed by atoms with van der Waals surface area (Å²) in [7, 11) is 1.88. The van der Waals surface area contributed by atoms with Gasteiger partial charge in [0.2, 0.25) is 0 Å². The molecule has 0 spiro atoms. The lowest BCUT2D eigenvalue weighted by atomic mass is 10.1. The second-order valence-corrected chi connectivity index (χ2v) is 6.49. The van der Waals surface area contributed by atoms with Gasteiger partial charge in [-0.3, -0.25) is 4.98 Å². The van der Waals surface area contributed by atoms with E-state index in [4.69, 9.17) is 0 Å². The molecule has 114 valence electrons. The van der Waals surface area contributed by atoms with Crippen molar-refractivity contribution in [3.05, 3.63) is 48.8 Å². The Balaban J connectivity index is 1.79. The van der Waals surface area contributed by atoms with Crippen LogP contribution < -0.4 is 5.32 Å². The molecule has 1 fully saturated rings. The molecular weight excluding hydrogens is 294 g/mol. The first-order valence-electron chi connectivity index (χ1n) is 7.36. The molecule has 5 heteroatoms. The number of amides is 2. The molecule has 1 atom stereocenters. The van der Waals surface area contributed by atoms with E-state index in [2.05, 4.69) is 10.3 Å². The molecule has 0 aliphatic carbocycles. The fraction of sp³-hybridized carbons (Fsp3) is 0.294. The number of anilines is 1. The average Bonchev–Trinajstić information content (AvgIpc) is 3.10. The van der Waals surface area contributed by atoms with E-state index >= 15 is 0 Å². The predicted molar refractivity (Wildman–Crippen MR) is 92.2 cm³/mol. The summed E-state index contributed by atoms with van der Waals surface area (Å²) in [6, 6.07) is 12.0. The van der Waals surface area contributed by atoms with Gasteiger partial charge in [-0.15, -0.1) is 0 Å². The van der Waals surface area contributed by atoms with Gasteiger partial charge in [0.25, 0.3) is 0 Å². The fourth-order valence-electron chi connectivity index (χ4n) is 2.57. The van der Waals surface area contributed by atoms with Crippen molar-refractivity contribution in [2.75, 3.05) is 23.9 Å². The summed E-state index contributed by atoms with van der Waals surface area (Å²) >= 11 is 1.91. The Morgan fingerprint density at radius 1 is 1.27 bits per heavy atom. The highest BCUT2D eigenvalue weighted by Gasteiger charge is 2.24. The molecule has 3 rings (SSSR count). The van der Waals surface area contributed by atoms with Crippen molar-refractivity contribution in [2.24, 2.45) is 0 Å². The summed E-state index contributed by atoms with van der Waals surface area (Å²) < 4.78 is 0. The SMILES string of the molecule is CN(C(=O)Nc1ccccc1-c1ccncc1)C1CCSC1. The number of carbonyl (C=O) groups is 1. The minimum Gasteiger partial charge on any atom is -0.324 e. The van der Waals surface area contributed by atoms with Crippen LogP contribution in [-0.4, -0.2) is 40.5 Å². The first-order valence-corrected chi connectivity index (χ1v) is 8.52. The van der Waals surface area contributed by atoms with E-state index in [9.17, 15) is 4.79 Å². The molecule has 0 bridgehead atoms. The van der Waals surface area contributed by atoms with Crippen LogP contribution >= 0.6 is 11.8 Å². The zero-order valence-electron chi connectivity index (χ0n) is 12.5. The van der Waals surface area contributed by atoms with Crippen molar-refractivity contribution in [2.45, 2.75) is 12.5 Å². The summed E-state index contributed by atoms with van der Waals surface area (Å²) in [5.74, 6) is 2.16. The van der Waals surface area contributed by atoms with Crippen molar-refractivity contribution in [1.82, 2.24) is 9.88 Å². The standard InChI is InChI=1S/C17H19N3OS/c1-20(14-8-11-22-12-14)17(21)19-16-5-3-2-4-15(16)13-6-9-18-10-7-13/h2-7,9-10,14H,8,11-12H2,1H3,(H,19,21). The van der Waals surface area contributed by atoms with Gasteiger partial charge < -0.3 is 10.2 Å². The van der Waals surface area contributed by atoms with E-state index in [1.54, 1.807) is 12.4 Å². The van der Waals surface area contributed by atoms with Crippen LogP contribution in [0.2, 0.25) is 0 Å². The van der Waals surface area contributed by atoms with Gasteiger partial charge >= 0.3 is 6.03 Å². The van der Waals surface area contributed by atoms with E-state index in [0.29, 0.717) is 6.04 Å². The Morgan fingerprint density at radius 2 is 2.05 bits per heavy atom. The highest BCUT2D eigenvalue weighted by Crippen LogP contribution is 2.28. The van der Waals surface area contributed by atoms with E-state index in [0.717, 1.165) is 34.7 Å². The number of urea groups is 1. The van der Waals surface area contributed by atoms with Crippen molar-refractivity contribution in [3.63, 3.8) is 0 Å². The first-order chi connectivity index (χ1) is 10.8. The molecule has 1 aromatic carbocycles. The number of nitrogens with one attached hydrogen (secondary N) is 1. The second kappa shape index (κ2) is 6.83. The van der Waals surface area contributed by atoms with Crippen LogP contribution in [0.3, 0.4) is 0 Å². The molecule has 1 saturated heterocycles. The third-order valence-electron chi connectivity index (χ3n) is 3.93. The lowest BCUT2D eigenvalue weighted by molar-refractivity contribution is 0.209. The van der Waals surface area contributed by atoms with Gasteiger partial charge in [0.15, 0.2) is 0 Å². The maximum atomic E-state index is 12.5. The number of rotatable bonds is 3. The van der Waals surface area contributed by atoms with Crippen LogP contribution in [0.25, 0.3) is 11.1 Å². The summed E-state index contributed by atoms with van der Waals surface area (Å²) in [5.41, 5.74) is 2.88. The van der Waals surface area contributed by atoms with E-state index in [1.807, 2.05) is 60.1 Å². The molecule has 1 N–H and O–H groups in total. The van der Waals surface area contributed by atoms with E-state index < -0.39 is 0 Å². The third kappa shape index (κ3) is 3.25. The molecule has 2 heterocycles. The van der Waals surface area contributed by atoms with Gasteiger partial charge in [0.1, 0.15) is 0 Å². The van der Waals surface area contributed by atoms with Gasteiger partial charge in [-0.25, -0.2) is 4.79 Å². The molecular formula is C17H19N3OS. The molecule has 1 aliphatic heterocycles. The minimum absolute atomic E-state index is 0.0472. The van der Waals surface area contributed by atoms with Gasteiger partial charge in [0.05, 0.1) is 5.69 Å². The lowest BCUT2D eigenvalue weighted by Gasteiger charge is -2.24. The number of benzene rings is 1. The Bertz CT molecular complexity index is 641. The number of hydrogen-bond acceptors (Lipinski definition) is 3. The molecule has 2 aromatic rings. The number of pyridine rings is 1.